The standard InChI is InChI=1S/C18H36N4O2/c1-5-6-7-8-11-20-16(19)21-13-15-10-9-12-22(14-15)17(23)24-18(2,3)4/h15H,5-14H2,1-4H3,(H3,19,20,21). The maximum Gasteiger partial charge on any atom is 0.410 e. The topological polar surface area (TPSA) is 80.0 Å². The Bertz CT molecular complexity index is 404. The van der Waals surface area contributed by atoms with Gasteiger partial charge in [0.25, 0.3) is 0 Å². The van der Waals surface area contributed by atoms with Crippen molar-refractivity contribution in [3.05, 3.63) is 0 Å². The highest BCUT2D eigenvalue weighted by molar-refractivity contribution is 5.77. The average Bonchev–Trinajstić information content (AvgIpc) is 2.51. The Hall–Kier alpha value is -1.46. The fourth-order valence-corrected chi connectivity index (χ4v) is 2.76. The van der Waals surface area contributed by atoms with Crippen molar-refractivity contribution in [2.45, 2.75) is 71.8 Å². The first kappa shape index (κ1) is 20.6. The zero-order valence-electron chi connectivity index (χ0n) is 15.9. The van der Waals surface area contributed by atoms with Gasteiger partial charge in [-0.25, -0.2) is 4.79 Å². The van der Waals surface area contributed by atoms with Gasteiger partial charge in [-0.05, 0) is 46.0 Å². The van der Waals surface area contributed by atoms with Crippen LogP contribution in [0, 0.1) is 5.92 Å². The molecule has 0 bridgehead atoms. The molecule has 0 saturated carbocycles. The number of ether oxygens (including phenoxy) is 1. The second-order valence-electron chi connectivity index (χ2n) is 7.65. The van der Waals surface area contributed by atoms with Crippen molar-refractivity contribution in [3.63, 3.8) is 0 Å². The number of piperidine rings is 1. The van der Waals surface area contributed by atoms with E-state index in [1.807, 2.05) is 20.8 Å². The summed E-state index contributed by atoms with van der Waals surface area (Å²) >= 11 is 0. The van der Waals surface area contributed by atoms with Gasteiger partial charge >= 0.3 is 6.09 Å². The number of hydrogen-bond acceptors (Lipinski definition) is 3. The maximum atomic E-state index is 12.2. The van der Waals surface area contributed by atoms with Crippen LogP contribution in [0.3, 0.4) is 0 Å². The summed E-state index contributed by atoms with van der Waals surface area (Å²) in [6, 6.07) is 0. The largest absolute Gasteiger partial charge is 0.444 e. The highest BCUT2D eigenvalue weighted by Gasteiger charge is 2.27. The Kier molecular flexibility index (Phi) is 8.93. The highest BCUT2D eigenvalue weighted by Crippen LogP contribution is 2.19. The number of nitrogens with two attached hydrogens (primary N) is 1. The third kappa shape index (κ3) is 8.99. The first-order valence-electron chi connectivity index (χ1n) is 9.33. The number of likely N-dealkylation sites (tertiary alicyclic amines) is 1. The van der Waals surface area contributed by atoms with Crippen molar-refractivity contribution in [2.75, 3.05) is 26.2 Å². The van der Waals surface area contributed by atoms with Crippen molar-refractivity contribution < 1.29 is 9.53 Å². The number of unbranched alkanes of at least 4 members (excludes halogenated alkanes) is 3. The van der Waals surface area contributed by atoms with Gasteiger partial charge < -0.3 is 20.7 Å². The molecule has 0 aromatic carbocycles. The van der Waals surface area contributed by atoms with Crippen LogP contribution >= 0.6 is 0 Å². The second kappa shape index (κ2) is 10.4. The van der Waals surface area contributed by atoms with Crippen LogP contribution in [0.25, 0.3) is 0 Å². The van der Waals surface area contributed by atoms with Gasteiger partial charge in [0.15, 0.2) is 5.96 Å². The van der Waals surface area contributed by atoms with Crippen molar-refractivity contribution in [2.24, 2.45) is 16.6 Å². The molecule has 1 saturated heterocycles. The predicted octanol–water partition coefficient (Wildman–Crippen LogP) is 3.12. The molecule has 6 heteroatoms. The summed E-state index contributed by atoms with van der Waals surface area (Å²) in [5, 5.41) is 3.17. The van der Waals surface area contributed by atoms with Crippen molar-refractivity contribution in [1.82, 2.24) is 10.2 Å². The summed E-state index contributed by atoms with van der Waals surface area (Å²) in [5.41, 5.74) is 5.47. The summed E-state index contributed by atoms with van der Waals surface area (Å²) in [7, 11) is 0. The highest BCUT2D eigenvalue weighted by atomic mass is 16.6. The van der Waals surface area contributed by atoms with Gasteiger partial charge in [-0.3, -0.25) is 4.99 Å². The average molecular weight is 341 g/mol. The minimum absolute atomic E-state index is 0.224. The molecule has 1 unspecified atom stereocenters. The fraction of sp³-hybridized carbons (Fsp3) is 0.889. The molecule has 24 heavy (non-hydrogen) atoms. The van der Waals surface area contributed by atoms with E-state index in [1.54, 1.807) is 4.90 Å². The van der Waals surface area contributed by atoms with E-state index in [0.717, 1.165) is 32.4 Å². The van der Waals surface area contributed by atoms with Gasteiger partial charge in [0.2, 0.25) is 0 Å². The molecule has 3 N–H and O–H groups in total. The van der Waals surface area contributed by atoms with Crippen LogP contribution < -0.4 is 11.1 Å². The minimum atomic E-state index is -0.450. The van der Waals surface area contributed by atoms with Gasteiger partial charge in [-0.1, -0.05) is 26.2 Å². The number of aliphatic imine (C=N–C) groups is 1. The van der Waals surface area contributed by atoms with Gasteiger partial charge in [0.05, 0.1) is 0 Å². The summed E-state index contributed by atoms with van der Waals surface area (Å²) in [6.07, 6.45) is 6.69. The van der Waals surface area contributed by atoms with Crippen LogP contribution in [-0.4, -0.2) is 48.7 Å². The van der Waals surface area contributed by atoms with Crippen LogP contribution in [0.4, 0.5) is 4.79 Å². The quantitative estimate of drug-likeness (QED) is 0.424. The second-order valence-corrected chi connectivity index (χ2v) is 7.65. The van der Waals surface area contributed by atoms with Crippen LogP contribution in [0.15, 0.2) is 4.99 Å². The van der Waals surface area contributed by atoms with E-state index in [9.17, 15) is 4.79 Å². The number of nitrogens with zero attached hydrogens (tertiary/aromatic N) is 2. The number of guanidine groups is 1. The van der Waals surface area contributed by atoms with Crippen LogP contribution in [-0.2, 0) is 4.74 Å². The van der Waals surface area contributed by atoms with Gasteiger partial charge in [0, 0.05) is 26.2 Å². The molecule has 1 aliphatic heterocycles. The summed E-state index contributed by atoms with van der Waals surface area (Å²) in [6.45, 7) is 10.9. The molecule has 0 radical (unpaired) electrons. The minimum Gasteiger partial charge on any atom is -0.444 e. The number of carbonyl (C=O) groups is 1. The van der Waals surface area contributed by atoms with Gasteiger partial charge in [-0.15, -0.1) is 0 Å². The Morgan fingerprint density at radius 1 is 1.33 bits per heavy atom. The molecule has 1 amide bonds. The monoisotopic (exact) mass is 340 g/mol. The first-order chi connectivity index (χ1) is 11.3. The third-order valence-electron chi connectivity index (χ3n) is 4.03. The molecule has 1 fully saturated rings. The van der Waals surface area contributed by atoms with Crippen LogP contribution in [0.2, 0.25) is 0 Å². The molecule has 1 rings (SSSR count). The van der Waals surface area contributed by atoms with E-state index in [-0.39, 0.29) is 6.09 Å². The molecule has 140 valence electrons. The molecule has 1 atom stereocenters. The van der Waals surface area contributed by atoms with Crippen LogP contribution in [0.5, 0.6) is 0 Å². The zero-order chi connectivity index (χ0) is 18.0. The Morgan fingerprint density at radius 2 is 2.08 bits per heavy atom. The summed E-state index contributed by atoms with van der Waals surface area (Å²) in [5.74, 6) is 0.868. The van der Waals surface area contributed by atoms with Gasteiger partial charge in [0.1, 0.15) is 5.60 Å². The summed E-state index contributed by atoms with van der Waals surface area (Å²) in [4.78, 5) is 18.4. The zero-order valence-corrected chi connectivity index (χ0v) is 15.9. The number of amides is 1. The number of hydrogen-bond donors (Lipinski definition) is 2. The summed E-state index contributed by atoms with van der Waals surface area (Å²) < 4.78 is 5.45. The third-order valence-corrected chi connectivity index (χ3v) is 4.03. The van der Waals surface area contributed by atoms with E-state index < -0.39 is 5.60 Å². The van der Waals surface area contributed by atoms with Crippen molar-refractivity contribution >= 4 is 12.1 Å². The lowest BCUT2D eigenvalue weighted by molar-refractivity contribution is 0.0171. The lowest BCUT2D eigenvalue weighted by Gasteiger charge is -2.33. The fourth-order valence-electron chi connectivity index (χ4n) is 2.76. The molecule has 6 nitrogen and oxygen atoms in total. The number of carbonyl (C=O) groups excluding carboxylic acids is 1. The van der Waals surface area contributed by atoms with Crippen LogP contribution in [0.1, 0.15) is 66.2 Å². The van der Waals surface area contributed by atoms with E-state index in [0.29, 0.717) is 25.0 Å². The Balaban J connectivity index is 2.31. The molecule has 0 spiro atoms. The maximum absolute atomic E-state index is 12.2. The van der Waals surface area contributed by atoms with E-state index in [1.165, 1.54) is 19.3 Å². The van der Waals surface area contributed by atoms with Crippen molar-refractivity contribution in [3.8, 4) is 0 Å². The molecule has 0 aliphatic carbocycles. The smallest absolute Gasteiger partial charge is 0.410 e. The lowest BCUT2D eigenvalue weighted by Crippen LogP contribution is -2.43. The molecular formula is C18H36N4O2. The Labute approximate surface area is 147 Å². The van der Waals surface area contributed by atoms with Gasteiger partial charge in [-0.2, -0.15) is 0 Å². The predicted molar refractivity (Wildman–Crippen MR) is 99.2 cm³/mol. The normalized spacial score (nSPS) is 19.2. The molecule has 1 aliphatic rings. The first-order valence-corrected chi connectivity index (χ1v) is 9.33. The molecule has 1 heterocycles. The molecule has 0 aromatic rings. The number of nitrogens with one attached hydrogen (secondary N) is 1. The molecule has 0 aromatic heterocycles. The molecular weight excluding hydrogens is 304 g/mol. The number of rotatable bonds is 7. The van der Waals surface area contributed by atoms with E-state index in [2.05, 4.69) is 17.2 Å². The Morgan fingerprint density at radius 3 is 2.75 bits per heavy atom. The lowest BCUT2D eigenvalue weighted by atomic mass is 9.98. The van der Waals surface area contributed by atoms with E-state index in [4.69, 9.17) is 10.5 Å². The van der Waals surface area contributed by atoms with Crippen molar-refractivity contribution in [1.29, 1.82) is 0 Å². The van der Waals surface area contributed by atoms with E-state index >= 15 is 0 Å². The SMILES string of the molecule is CCCCCCNC(N)=NCC1CCCN(C(=O)OC(C)(C)C)C1.